The second kappa shape index (κ2) is 8.68. The Kier molecular flexibility index (Phi) is 5.79. The molecule has 32 heavy (non-hydrogen) atoms. The molecule has 0 N–H and O–H groups in total. The van der Waals surface area contributed by atoms with Gasteiger partial charge in [-0.15, -0.1) is 0 Å². The van der Waals surface area contributed by atoms with E-state index in [0.29, 0.717) is 16.9 Å². The second-order valence-corrected chi connectivity index (χ2v) is 8.54. The zero-order valence-electron chi connectivity index (χ0n) is 17.3. The average molecular weight is 449 g/mol. The van der Waals surface area contributed by atoms with E-state index in [1.807, 2.05) is 6.92 Å². The van der Waals surface area contributed by atoms with Crippen molar-refractivity contribution in [2.24, 2.45) is 4.99 Å². The van der Waals surface area contributed by atoms with Crippen molar-refractivity contribution >= 4 is 28.1 Å². The largest absolute Gasteiger partial charge is 0.497 e. The zero-order chi connectivity index (χ0) is 22.7. The van der Waals surface area contributed by atoms with E-state index in [1.165, 1.54) is 30.3 Å². The van der Waals surface area contributed by atoms with Crippen molar-refractivity contribution in [1.29, 1.82) is 0 Å². The van der Waals surface area contributed by atoms with Crippen LogP contribution in [0.15, 0.2) is 88.4 Å². The van der Waals surface area contributed by atoms with Crippen LogP contribution in [-0.2, 0) is 19.6 Å². The first-order chi connectivity index (χ1) is 15.3. The van der Waals surface area contributed by atoms with Gasteiger partial charge in [0.25, 0.3) is 0 Å². The summed E-state index contributed by atoms with van der Waals surface area (Å²) in [5.41, 5.74) is 2.16. The van der Waals surface area contributed by atoms with Gasteiger partial charge in [0.1, 0.15) is 16.4 Å². The number of benzene rings is 3. The van der Waals surface area contributed by atoms with E-state index in [0.717, 1.165) is 5.56 Å². The first kappa shape index (κ1) is 21.3. The van der Waals surface area contributed by atoms with E-state index in [4.69, 9.17) is 13.7 Å². The maximum absolute atomic E-state index is 12.5. The third-order valence-electron chi connectivity index (χ3n) is 4.61. The van der Waals surface area contributed by atoms with Crippen LogP contribution in [-0.4, -0.2) is 27.4 Å². The molecule has 0 aromatic heterocycles. The Morgan fingerprint density at radius 1 is 0.938 bits per heavy atom. The fourth-order valence-corrected chi connectivity index (χ4v) is 3.91. The Labute approximate surface area is 185 Å². The molecule has 0 spiro atoms. The van der Waals surface area contributed by atoms with E-state index in [-0.39, 0.29) is 22.2 Å². The second-order valence-electron chi connectivity index (χ2n) is 6.99. The molecule has 0 saturated heterocycles. The highest BCUT2D eigenvalue weighted by molar-refractivity contribution is 7.87. The Bertz CT molecular complexity index is 1340. The van der Waals surface area contributed by atoms with Crippen LogP contribution < -0.4 is 8.92 Å². The molecule has 3 aromatic rings. The van der Waals surface area contributed by atoms with Crippen LogP contribution in [0, 0.1) is 6.92 Å². The van der Waals surface area contributed by atoms with E-state index in [9.17, 15) is 13.2 Å². The lowest BCUT2D eigenvalue weighted by molar-refractivity contribution is -0.129. The zero-order valence-corrected chi connectivity index (χ0v) is 18.1. The molecule has 0 fully saturated rings. The molecule has 7 nitrogen and oxygen atoms in total. The molecular formula is C24H19NO6S. The molecule has 162 valence electrons. The maximum Gasteiger partial charge on any atom is 0.363 e. The van der Waals surface area contributed by atoms with E-state index in [1.54, 1.807) is 55.6 Å². The lowest BCUT2D eigenvalue weighted by Gasteiger charge is -2.08. The molecule has 4 rings (SSSR count). The van der Waals surface area contributed by atoms with Gasteiger partial charge in [-0.25, -0.2) is 9.79 Å². The van der Waals surface area contributed by atoms with Gasteiger partial charge >= 0.3 is 16.1 Å². The molecule has 0 radical (unpaired) electrons. The standard InChI is InChI=1S/C24H19NO6S/c1-16-9-11-21(12-10-16)32(27,28)31-20-8-3-5-17(13-20)14-22-24(26)30-23(25-22)18-6-4-7-19(15-18)29-2/h3-15H,1-2H3. The number of esters is 1. The van der Waals surface area contributed by atoms with Crippen molar-refractivity contribution in [2.45, 2.75) is 11.8 Å². The smallest absolute Gasteiger partial charge is 0.363 e. The number of hydrogen-bond donors (Lipinski definition) is 0. The number of aryl methyl sites for hydroxylation is 1. The highest BCUT2D eigenvalue weighted by Gasteiger charge is 2.24. The molecule has 0 aliphatic carbocycles. The summed E-state index contributed by atoms with van der Waals surface area (Å²) in [4.78, 5) is 16.6. The number of carbonyl (C=O) groups is 1. The van der Waals surface area contributed by atoms with Crippen LogP contribution in [0.3, 0.4) is 0 Å². The lowest BCUT2D eigenvalue weighted by Crippen LogP contribution is -2.09. The van der Waals surface area contributed by atoms with Crippen LogP contribution >= 0.6 is 0 Å². The minimum absolute atomic E-state index is 0.0544. The minimum atomic E-state index is -3.99. The predicted octanol–water partition coefficient (Wildman–Crippen LogP) is 4.12. The maximum atomic E-state index is 12.5. The molecule has 0 unspecified atom stereocenters. The lowest BCUT2D eigenvalue weighted by atomic mass is 10.2. The summed E-state index contributed by atoms with van der Waals surface area (Å²) in [5, 5.41) is 0. The number of nitrogens with zero attached hydrogens (tertiary/aromatic N) is 1. The van der Waals surface area contributed by atoms with Crippen molar-refractivity contribution in [1.82, 2.24) is 0 Å². The SMILES string of the molecule is COc1cccc(C2=NC(=Cc3cccc(OS(=O)(=O)c4ccc(C)cc4)c3)C(=O)O2)c1. The number of aliphatic imine (C=N–C) groups is 1. The Morgan fingerprint density at radius 2 is 1.66 bits per heavy atom. The molecule has 1 aliphatic heterocycles. The van der Waals surface area contributed by atoms with Gasteiger partial charge in [0.15, 0.2) is 5.70 Å². The predicted molar refractivity (Wildman–Crippen MR) is 119 cm³/mol. The highest BCUT2D eigenvalue weighted by atomic mass is 32.2. The fraction of sp³-hybridized carbons (Fsp3) is 0.0833. The summed E-state index contributed by atoms with van der Waals surface area (Å²) in [6.45, 7) is 1.87. The number of rotatable bonds is 6. The molecule has 1 aliphatic rings. The van der Waals surface area contributed by atoms with Gasteiger partial charge in [0.05, 0.1) is 7.11 Å². The molecule has 1 heterocycles. The van der Waals surface area contributed by atoms with Crippen molar-refractivity contribution in [3.63, 3.8) is 0 Å². The van der Waals surface area contributed by atoms with Crippen LogP contribution in [0.25, 0.3) is 6.08 Å². The molecule has 0 bridgehead atoms. The van der Waals surface area contributed by atoms with Gasteiger partial charge in [-0.1, -0.05) is 35.9 Å². The fourth-order valence-electron chi connectivity index (χ4n) is 2.98. The Morgan fingerprint density at radius 3 is 2.41 bits per heavy atom. The van der Waals surface area contributed by atoms with Gasteiger partial charge in [-0.3, -0.25) is 0 Å². The van der Waals surface area contributed by atoms with Crippen LogP contribution in [0.4, 0.5) is 0 Å². The summed E-state index contributed by atoms with van der Waals surface area (Å²) >= 11 is 0. The monoisotopic (exact) mass is 449 g/mol. The number of ether oxygens (including phenoxy) is 2. The Balaban J connectivity index is 1.58. The molecule has 0 atom stereocenters. The van der Waals surface area contributed by atoms with Crippen molar-refractivity contribution in [2.75, 3.05) is 7.11 Å². The molecule has 0 amide bonds. The first-order valence-electron chi connectivity index (χ1n) is 9.62. The molecular weight excluding hydrogens is 430 g/mol. The normalized spacial score (nSPS) is 14.8. The van der Waals surface area contributed by atoms with Crippen LogP contribution in [0.2, 0.25) is 0 Å². The number of hydrogen-bond acceptors (Lipinski definition) is 7. The summed E-state index contributed by atoms with van der Waals surface area (Å²) in [6, 6.07) is 19.7. The van der Waals surface area contributed by atoms with E-state index >= 15 is 0 Å². The van der Waals surface area contributed by atoms with Crippen molar-refractivity contribution in [3.05, 3.63) is 95.2 Å². The first-order valence-corrected chi connectivity index (χ1v) is 11.0. The third-order valence-corrected chi connectivity index (χ3v) is 5.88. The van der Waals surface area contributed by atoms with Crippen molar-refractivity contribution in [3.8, 4) is 11.5 Å². The number of cyclic esters (lactones) is 1. The van der Waals surface area contributed by atoms with Crippen LogP contribution in [0.1, 0.15) is 16.7 Å². The highest BCUT2D eigenvalue weighted by Crippen LogP contribution is 2.24. The summed E-state index contributed by atoms with van der Waals surface area (Å²) in [7, 11) is -2.45. The molecule has 3 aromatic carbocycles. The summed E-state index contributed by atoms with van der Waals surface area (Å²) < 4.78 is 40.8. The third kappa shape index (κ3) is 4.70. The molecule has 0 saturated carbocycles. The van der Waals surface area contributed by atoms with Crippen LogP contribution in [0.5, 0.6) is 11.5 Å². The van der Waals surface area contributed by atoms with Gasteiger partial charge in [0, 0.05) is 5.56 Å². The van der Waals surface area contributed by atoms with E-state index < -0.39 is 16.1 Å². The van der Waals surface area contributed by atoms with Gasteiger partial charge in [0.2, 0.25) is 5.90 Å². The minimum Gasteiger partial charge on any atom is -0.497 e. The van der Waals surface area contributed by atoms with Gasteiger partial charge in [-0.2, -0.15) is 8.42 Å². The molecule has 8 heteroatoms. The number of methoxy groups -OCH3 is 1. The summed E-state index contributed by atoms with van der Waals surface area (Å²) in [6.07, 6.45) is 1.50. The topological polar surface area (TPSA) is 91.3 Å². The summed E-state index contributed by atoms with van der Waals surface area (Å²) in [5.74, 6) is 0.275. The van der Waals surface area contributed by atoms with E-state index in [2.05, 4.69) is 4.99 Å². The van der Waals surface area contributed by atoms with Gasteiger partial charge < -0.3 is 13.7 Å². The Hall–Kier alpha value is -3.91. The quantitative estimate of drug-likeness (QED) is 0.319. The van der Waals surface area contributed by atoms with Gasteiger partial charge in [-0.05, 0) is 61.0 Å². The number of carbonyl (C=O) groups excluding carboxylic acids is 1. The van der Waals surface area contributed by atoms with Crippen molar-refractivity contribution < 1.29 is 26.9 Å². The average Bonchev–Trinajstić information content (AvgIpc) is 3.14.